The van der Waals surface area contributed by atoms with Crippen LogP contribution in [-0.4, -0.2) is 29.3 Å². The van der Waals surface area contributed by atoms with Crippen molar-refractivity contribution in [1.29, 1.82) is 0 Å². The second kappa shape index (κ2) is 5.19. The molecular weight excluding hydrogens is 242 g/mol. The Balaban J connectivity index is 2.13. The molecule has 1 aromatic rings. The quantitative estimate of drug-likeness (QED) is 0.745. The number of piperidine rings is 1. The van der Waals surface area contributed by atoms with Crippen LogP contribution in [0, 0.1) is 6.92 Å². The maximum Gasteiger partial charge on any atom is 0.264 e. The van der Waals surface area contributed by atoms with Crippen molar-refractivity contribution in [1.82, 2.24) is 4.90 Å². The van der Waals surface area contributed by atoms with Gasteiger partial charge in [-0.05, 0) is 38.3 Å². The van der Waals surface area contributed by atoms with Crippen LogP contribution < -0.4 is 0 Å². The second-order valence-electron chi connectivity index (χ2n) is 4.21. The number of aryl methyl sites for hydroxylation is 1. The van der Waals surface area contributed by atoms with Crippen molar-refractivity contribution in [3.8, 4) is 0 Å². The maximum atomic E-state index is 12.3. The van der Waals surface area contributed by atoms with E-state index in [0.717, 1.165) is 24.3 Å². The zero-order valence-corrected chi connectivity index (χ0v) is 11.0. The van der Waals surface area contributed by atoms with Gasteiger partial charge in [0.05, 0.1) is 4.88 Å². The summed E-state index contributed by atoms with van der Waals surface area (Å²) in [6, 6.07) is 4.14. The highest BCUT2D eigenvalue weighted by Crippen LogP contribution is 2.23. The van der Waals surface area contributed by atoms with Gasteiger partial charge in [0.25, 0.3) is 5.91 Å². The van der Waals surface area contributed by atoms with Crippen LogP contribution in [0.3, 0.4) is 0 Å². The largest absolute Gasteiger partial charge is 0.334 e. The molecule has 16 heavy (non-hydrogen) atoms. The second-order valence-corrected chi connectivity index (χ2v) is 5.81. The normalized spacial score (nSPS) is 21.1. The Labute approximate surface area is 105 Å². The van der Waals surface area contributed by atoms with Gasteiger partial charge in [0.2, 0.25) is 0 Å². The van der Waals surface area contributed by atoms with Gasteiger partial charge < -0.3 is 4.90 Å². The molecule has 0 N–H and O–H groups in total. The minimum Gasteiger partial charge on any atom is -0.334 e. The average Bonchev–Trinajstić information content (AvgIpc) is 2.75. The van der Waals surface area contributed by atoms with Crippen LogP contribution in [0.5, 0.6) is 0 Å². The average molecular weight is 258 g/mol. The monoisotopic (exact) mass is 257 g/mol. The van der Waals surface area contributed by atoms with Gasteiger partial charge in [-0.15, -0.1) is 22.9 Å². The number of hydrogen-bond donors (Lipinski definition) is 0. The fourth-order valence-electron chi connectivity index (χ4n) is 2.12. The van der Waals surface area contributed by atoms with Crippen LogP contribution in [0.1, 0.15) is 33.8 Å². The Kier molecular flexibility index (Phi) is 3.87. The zero-order valence-electron chi connectivity index (χ0n) is 9.41. The van der Waals surface area contributed by atoms with Crippen molar-refractivity contribution in [2.45, 2.75) is 32.2 Å². The Bertz CT molecular complexity index is 377. The van der Waals surface area contributed by atoms with Crippen LogP contribution in [0.2, 0.25) is 0 Å². The number of carbonyl (C=O) groups is 1. The summed E-state index contributed by atoms with van der Waals surface area (Å²) in [7, 11) is 0. The smallest absolute Gasteiger partial charge is 0.264 e. The first-order chi connectivity index (χ1) is 7.72. The molecule has 0 aliphatic carbocycles. The van der Waals surface area contributed by atoms with Gasteiger partial charge in [0.15, 0.2) is 0 Å². The number of hydrogen-bond acceptors (Lipinski definition) is 2. The molecule has 0 aromatic carbocycles. The summed E-state index contributed by atoms with van der Waals surface area (Å²) in [4.78, 5) is 16.2. The van der Waals surface area contributed by atoms with Crippen molar-refractivity contribution >= 4 is 28.8 Å². The van der Waals surface area contributed by atoms with Crippen molar-refractivity contribution in [3.05, 3.63) is 21.9 Å². The Hall–Kier alpha value is -0.540. The molecule has 2 nitrogen and oxygen atoms in total. The Morgan fingerprint density at radius 3 is 3.00 bits per heavy atom. The fraction of sp³-hybridized carbons (Fsp3) is 0.583. The summed E-state index contributed by atoms with van der Waals surface area (Å²) in [5.41, 5.74) is 0. The molecule has 0 radical (unpaired) electrons. The maximum absolute atomic E-state index is 12.3. The standard InChI is InChI=1S/C12H16ClNOS/c1-9-5-6-11(16-9)12(15)14-7-3-2-4-10(14)8-13/h5-6,10H,2-4,7-8H2,1H3. The fourth-order valence-corrected chi connectivity index (χ4v) is 3.26. The zero-order chi connectivity index (χ0) is 11.5. The van der Waals surface area contributed by atoms with Gasteiger partial charge in [-0.1, -0.05) is 0 Å². The van der Waals surface area contributed by atoms with E-state index < -0.39 is 0 Å². The lowest BCUT2D eigenvalue weighted by molar-refractivity contribution is 0.0644. The van der Waals surface area contributed by atoms with Gasteiger partial charge in [0, 0.05) is 23.3 Å². The van der Waals surface area contributed by atoms with E-state index >= 15 is 0 Å². The summed E-state index contributed by atoms with van der Waals surface area (Å²) in [6.45, 7) is 2.88. The van der Waals surface area contributed by atoms with E-state index in [1.165, 1.54) is 11.3 Å². The van der Waals surface area contributed by atoms with Crippen molar-refractivity contribution in [2.24, 2.45) is 0 Å². The number of alkyl halides is 1. The van der Waals surface area contributed by atoms with Gasteiger partial charge in [-0.25, -0.2) is 0 Å². The Morgan fingerprint density at radius 1 is 1.56 bits per heavy atom. The molecule has 0 bridgehead atoms. The molecule has 0 spiro atoms. The van der Waals surface area contributed by atoms with E-state index in [1.807, 2.05) is 24.0 Å². The topological polar surface area (TPSA) is 20.3 Å². The third kappa shape index (κ3) is 2.41. The van der Waals surface area contributed by atoms with Gasteiger partial charge in [-0.2, -0.15) is 0 Å². The molecule has 1 aromatic heterocycles. The van der Waals surface area contributed by atoms with Crippen LogP contribution in [0.15, 0.2) is 12.1 Å². The third-order valence-corrected chi connectivity index (χ3v) is 4.36. The first-order valence-corrected chi connectivity index (χ1v) is 7.01. The molecule has 2 heterocycles. The summed E-state index contributed by atoms with van der Waals surface area (Å²) >= 11 is 7.49. The molecule has 1 atom stereocenters. The highest BCUT2D eigenvalue weighted by Gasteiger charge is 2.27. The van der Waals surface area contributed by atoms with Gasteiger partial charge in [-0.3, -0.25) is 4.79 Å². The number of halogens is 1. The number of nitrogens with zero attached hydrogens (tertiary/aromatic N) is 1. The number of thiophene rings is 1. The number of carbonyl (C=O) groups excluding carboxylic acids is 1. The summed E-state index contributed by atoms with van der Waals surface area (Å²) in [5, 5.41) is 0. The first kappa shape index (κ1) is 11.9. The minimum atomic E-state index is 0.156. The van der Waals surface area contributed by atoms with E-state index in [1.54, 1.807) is 11.3 Å². The molecule has 0 saturated carbocycles. The van der Waals surface area contributed by atoms with E-state index in [0.29, 0.717) is 5.88 Å². The Morgan fingerprint density at radius 2 is 2.38 bits per heavy atom. The molecule has 1 amide bonds. The van der Waals surface area contributed by atoms with Crippen LogP contribution in [0.25, 0.3) is 0 Å². The highest BCUT2D eigenvalue weighted by atomic mass is 35.5. The molecule has 4 heteroatoms. The number of rotatable bonds is 2. The number of likely N-dealkylation sites (tertiary alicyclic amines) is 1. The predicted octanol–water partition coefficient (Wildman–Crippen LogP) is 3.29. The molecule has 1 unspecified atom stereocenters. The minimum absolute atomic E-state index is 0.156. The van der Waals surface area contributed by atoms with E-state index in [9.17, 15) is 4.79 Å². The number of amides is 1. The summed E-state index contributed by atoms with van der Waals surface area (Å²) in [6.07, 6.45) is 3.33. The van der Waals surface area contributed by atoms with Crippen LogP contribution in [0.4, 0.5) is 0 Å². The van der Waals surface area contributed by atoms with Crippen LogP contribution in [-0.2, 0) is 0 Å². The van der Waals surface area contributed by atoms with E-state index in [2.05, 4.69) is 0 Å². The summed E-state index contributed by atoms with van der Waals surface area (Å²) < 4.78 is 0. The van der Waals surface area contributed by atoms with Crippen LogP contribution >= 0.6 is 22.9 Å². The first-order valence-electron chi connectivity index (χ1n) is 5.65. The predicted molar refractivity (Wildman–Crippen MR) is 68.5 cm³/mol. The lowest BCUT2D eigenvalue weighted by Crippen LogP contribution is -2.44. The molecule has 1 aliphatic rings. The molecule has 1 fully saturated rings. The molecule has 1 aliphatic heterocycles. The molecule has 1 saturated heterocycles. The van der Waals surface area contributed by atoms with Crippen molar-refractivity contribution in [2.75, 3.05) is 12.4 Å². The van der Waals surface area contributed by atoms with E-state index in [-0.39, 0.29) is 11.9 Å². The third-order valence-electron chi connectivity index (χ3n) is 3.02. The lowest BCUT2D eigenvalue weighted by Gasteiger charge is -2.34. The van der Waals surface area contributed by atoms with Gasteiger partial charge in [0.1, 0.15) is 0 Å². The summed E-state index contributed by atoms with van der Waals surface area (Å²) in [5.74, 6) is 0.708. The SMILES string of the molecule is Cc1ccc(C(=O)N2CCCCC2CCl)s1. The molecule has 2 rings (SSSR count). The highest BCUT2D eigenvalue weighted by molar-refractivity contribution is 7.13. The van der Waals surface area contributed by atoms with Crippen molar-refractivity contribution < 1.29 is 4.79 Å². The van der Waals surface area contributed by atoms with Crippen molar-refractivity contribution in [3.63, 3.8) is 0 Å². The van der Waals surface area contributed by atoms with E-state index in [4.69, 9.17) is 11.6 Å². The molecular formula is C12H16ClNOS. The lowest BCUT2D eigenvalue weighted by atomic mass is 10.0. The molecule has 88 valence electrons. The van der Waals surface area contributed by atoms with Gasteiger partial charge >= 0.3 is 0 Å².